The predicted octanol–water partition coefficient (Wildman–Crippen LogP) is 6.01. The van der Waals surface area contributed by atoms with Gasteiger partial charge in [0.25, 0.3) is 5.56 Å². The Morgan fingerprint density at radius 3 is 2.58 bits per heavy atom. The number of nitrogens with zero attached hydrogens (tertiary/aromatic N) is 2. The number of ether oxygens (including phenoxy) is 1. The molecule has 7 nitrogen and oxygen atoms in total. The fraction of sp³-hybridized carbons (Fsp3) is 0. The Morgan fingerprint density at radius 2 is 1.81 bits per heavy atom. The van der Waals surface area contributed by atoms with Crippen LogP contribution in [0.3, 0.4) is 0 Å². The van der Waals surface area contributed by atoms with E-state index in [1.165, 1.54) is 18.2 Å². The summed E-state index contributed by atoms with van der Waals surface area (Å²) in [6, 6.07) is 17.9. The van der Waals surface area contributed by atoms with Gasteiger partial charge in [-0.25, -0.2) is 4.98 Å². The van der Waals surface area contributed by atoms with Gasteiger partial charge in [-0.3, -0.25) is 14.9 Å². The van der Waals surface area contributed by atoms with E-state index in [-0.39, 0.29) is 27.9 Å². The Balaban J connectivity index is 1.71. The first kappa shape index (κ1) is 20.6. The van der Waals surface area contributed by atoms with E-state index in [2.05, 4.69) is 9.97 Å². The summed E-state index contributed by atoms with van der Waals surface area (Å²) in [5.41, 5.74) is 0.320. The van der Waals surface area contributed by atoms with Gasteiger partial charge in [-0.2, -0.15) is 0 Å². The second kappa shape index (κ2) is 8.59. The summed E-state index contributed by atoms with van der Waals surface area (Å²) in [5.74, 6) is 0.486. The van der Waals surface area contributed by atoms with Crippen LogP contribution >= 0.6 is 23.2 Å². The van der Waals surface area contributed by atoms with Crippen LogP contribution in [0.5, 0.6) is 11.5 Å². The maximum atomic E-state index is 12.2. The lowest BCUT2D eigenvalue weighted by atomic mass is 10.1. The number of rotatable bonds is 5. The molecule has 3 aromatic carbocycles. The van der Waals surface area contributed by atoms with Gasteiger partial charge in [0.15, 0.2) is 5.82 Å². The molecule has 0 amide bonds. The molecule has 0 saturated heterocycles. The van der Waals surface area contributed by atoms with Crippen LogP contribution in [0.4, 0.5) is 5.69 Å². The molecule has 1 N–H and O–H groups in total. The van der Waals surface area contributed by atoms with E-state index >= 15 is 0 Å². The fourth-order valence-electron chi connectivity index (χ4n) is 2.91. The number of fused-ring (bicyclic) bond motifs is 1. The number of aromatic nitrogens is 2. The summed E-state index contributed by atoms with van der Waals surface area (Å²) in [4.78, 5) is 30.2. The molecule has 1 aromatic heterocycles. The van der Waals surface area contributed by atoms with Crippen molar-refractivity contribution < 1.29 is 9.66 Å². The van der Waals surface area contributed by atoms with Crippen molar-refractivity contribution >= 4 is 50.9 Å². The summed E-state index contributed by atoms with van der Waals surface area (Å²) in [6.07, 6.45) is 1.47. The number of aromatic amines is 1. The number of benzene rings is 3. The van der Waals surface area contributed by atoms with Crippen LogP contribution in [-0.2, 0) is 0 Å². The molecular formula is C22H13Cl2N3O4. The van der Waals surface area contributed by atoms with Crippen LogP contribution in [0.2, 0.25) is 5.02 Å². The quantitative estimate of drug-likeness (QED) is 0.294. The van der Waals surface area contributed by atoms with Gasteiger partial charge in [0, 0.05) is 6.07 Å². The van der Waals surface area contributed by atoms with Gasteiger partial charge < -0.3 is 9.72 Å². The molecule has 154 valence electrons. The summed E-state index contributed by atoms with van der Waals surface area (Å²) < 4.78 is 5.62. The molecule has 0 aliphatic rings. The number of nitro groups is 1. The average molecular weight is 454 g/mol. The SMILES string of the molecule is O=c1[nH]c(/C(Cl)=C/c2ccc(Oc3ccccc3Cl)c([N+](=O)[O-])c2)nc2ccccc12. The van der Waals surface area contributed by atoms with E-state index in [1.807, 2.05) is 0 Å². The van der Waals surface area contributed by atoms with Crippen molar-refractivity contribution in [2.24, 2.45) is 0 Å². The molecule has 1 heterocycles. The van der Waals surface area contributed by atoms with Crippen molar-refractivity contribution in [3.05, 3.63) is 104 Å². The first-order valence-electron chi connectivity index (χ1n) is 9.00. The number of para-hydroxylation sites is 2. The molecule has 0 radical (unpaired) electrons. The standard InChI is InChI=1S/C22H13Cl2N3O4/c23-15-6-2-4-8-19(15)31-20-10-9-13(12-18(20)27(29)30)11-16(24)21-25-17-7-3-1-5-14(17)22(28)26-21/h1-12H,(H,25,26,28)/b16-11-. The largest absolute Gasteiger partial charge is 0.449 e. The minimum Gasteiger partial charge on any atom is -0.449 e. The number of halogens is 2. The highest BCUT2D eigenvalue weighted by molar-refractivity contribution is 6.50. The molecule has 0 saturated carbocycles. The second-order valence-electron chi connectivity index (χ2n) is 6.44. The molecule has 31 heavy (non-hydrogen) atoms. The van der Waals surface area contributed by atoms with Crippen molar-refractivity contribution in [2.45, 2.75) is 0 Å². The average Bonchev–Trinajstić information content (AvgIpc) is 2.76. The van der Waals surface area contributed by atoms with E-state index in [1.54, 1.807) is 54.6 Å². The van der Waals surface area contributed by atoms with Crippen LogP contribution in [0.1, 0.15) is 11.4 Å². The molecule has 0 fully saturated rings. The minimum absolute atomic E-state index is 0.0311. The number of nitro benzene ring substituents is 1. The fourth-order valence-corrected chi connectivity index (χ4v) is 3.30. The molecule has 4 rings (SSSR count). The van der Waals surface area contributed by atoms with Crippen molar-refractivity contribution in [1.29, 1.82) is 0 Å². The smallest absolute Gasteiger partial charge is 0.312 e. The molecular weight excluding hydrogens is 441 g/mol. The summed E-state index contributed by atoms with van der Waals surface area (Å²) in [6.45, 7) is 0. The van der Waals surface area contributed by atoms with E-state index in [9.17, 15) is 14.9 Å². The van der Waals surface area contributed by atoms with Gasteiger partial charge in [0.05, 0.1) is 25.9 Å². The van der Waals surface area contributed by atoms with Crippen LogP contribution in [0.25, 0.3) is 22.0 Å². The number of hydrogen-bond donors (Lipinski definition) is 1. The zero-order valence-corrected chi connectivity index (χ0v) is 17.2. The maximum Gasteiger partial charge on any atom is 0.312 e. The normalized spacial score (nSPS) is 11.5. The Labute approximate surface area is 185 Å². The minimum atomic E-state index is -0.562. The van der Waals surface area contributed by atoms with E-state index in [4.69, 9.17) is 27.9 Å². The number of H-pyrrole nitrogens is 1. The highest BCUT2D eigenvalue weighted by Gasteiger charge is 2.18. The molecule has 0 bridgehead atoms. The summed E-state index contributed by atoms with van der Waals surface area (Å²) in [7, 11) is 0. The lowest BCUT2D eigenvalue weighted by molar-refractivity contribution is -0.385. The first-order chi connectivity index (χ1) is 14.9. The third kappa shape index (κ3) is 4.42. The van der Waals surface area contributed by atoms with E-state index < -0.39 is 4.92 Å². The molecule has 4 aromatic rings. The number of hydrogen-bond acceptors (Lipinski definition) is 5. The zero-order valence-electron chi connectivity index (χ0n) is 15.7. The Bertz CT molecular complexity index is 1400. The van der Waals surface area contributed by atoms with Crippen LogP contribution in [0.15, 0.2) is 71.5 Å². The third-order valence-corrected chi connectivity index (χ3v) is 4.97. The van der Waals surface area contributed by atoms with Crippen molar-refractivity contribution in [3.63, 3.8) is 0 Å². The topological polar surface area (TPSA) is 98.1 Å². The molecule has 0 aliphatic heterocycles. The molecule has 0 atom stereocenters. The van der Waals surface area contributed by atoms with Gasteiger partial charge in [0.1, 0.15) is 5.75 Å². The van der Waals surface area contributed by atoms with E-state index in [0.29, 0.717) is 27.2 Å². The van der Waals surface area contributed by atoms with Crippen molar-refractivity contribution in [1.82, 2.24) is 9.97 Å². The van der Waals surface area contributed by atoms with Gasteiger partial charge in [-0.05, 0) is 42.0 Å². The van der Waals surface area contributed by atoms with Gasteiger partial charge in [0.2, 0.25) is 5.75 Å². The van der Waals surface area contributed by atoms with Crippen molar-refractivity contribution in [3.8, 4) is 11.5 Å². The number of nitrogens with one attached hydrogen (secondary N) is 1. The lowest BCUT2D eigenvalue weighted by Gasteiger charge is -2.08. The summed E-state index contributed by atoms with van der Waals surface area (Å²) in [5, 5.41) is 12.5. The second-order valence-corrected chi connectivity index (χ2v) is 7.26. The van der Waals surface area contributed by atoms with E-state index in [0.717, 1.165) is 0 Å². The molecule has 0 unspecified atom stereocenters. The molecule has 0 spiro atoms. The first-order valence-corrected chi connectivity index (χ1v) is 9.75. The molecule has 9 heteroatoms. The summed E-state index contributed by atoms with van der Waals surface area (Å²) >= 11 is 12.4. The molecule has 0 aliphatic carbocycles. The van der Waals surface area contributed by atoms with Gasteiger partial charge >= 0.3 is 5.69 Å². The highest BCUT2D eigenvalue weighted by Crippen LogP contribution is 2.36. The zero-order chi connectivity index (χ0) is 22.0. The van der Waals surface area contributed by atoms with Gasteiger partial charge in [-0.1, -0.05) is 53.5 Å². The predicted molar refractivity (Wildman–Crippen MR) is 121 cm³/mol. The van der Waals surface area contributed by atoms with Crippen LogP contribution in [-0.4, -0.2) is 14.9 Å². The van der Waals surface area contributed by atoms with Crippen LogP contribution in [0, 0.1) is 10.1 Å². The Morgan fingerprint density at radius 1 is 1.06 bits per heavy atom. The third-order valence-electron chi connectivity index (χ3n) is 4.37. The van der Waals surface area contributed by atoms with Crippen molar-refractivity contribution in [2.75, 3.05) is 0 Å². The van der Waals surface area contributed by atoms with Gasteiger partial charge in [-0.15, -0.1) is 0 Å². The highest BCUT2D eigenvalue weighted by atomic mass is 35.5. The monoisotopic (exact) mass is 453 g/mol. The maximum absolute atomic E-state index is 12.2. The lowest BCUT2D eigenvalue weighted by Crippen LogP contribution is -2.10. The Hall–Kier alpha value is -3.68. The Kier molecular flexibility index (Phi) is 5.70. The van der Waals surface area contributed by atoms with Crippen LogP contribution < -0.4 is 10.3 Å².